The van der Waals surface area contributed by atoms with Gasteiger partial charge in [0.1, 0.15) is 16.0 Å². The Bertz CT molecular complexity index is 198. The van der Waals surface area contributed by atoms with E-state index in [1.54, 1.807) is 0 Å². The average molecular weight is 175 g/mol. The van der Waals surface area contributed by atoms with Gasteiger partial charge in [0, 0.05) is 12.3 Å². The second-order valence-corrected chi connectivity index (χ2v) is 3.32. The Balaban J connectivity index is 4.02. The van der Waals surface area contributed by atoms with Crippen molar-refractivity contribution in [1.29, 1.82) is 0 Å². The molecule has 0 saturated heterocycles. The highest BCUT2D eigenvalue weighted by Crippen LogP contribution is 1.86. The van der Waals surface area contributed by atoms with Gasteiger partial charge in [0.25, 0.3) is 0 Å². The van der Waals surface area contributed by atoms with Crippen LogP contribution in [0.5, 0.6) is 0 Å². The molecule has 0 aromatic heterocycles. The van der Waals surface area contributed by atoms with Crippen molar-refractivity contribution < 1.29 is 4.21 Å². The maximum atomic E-state index is 10.5. The Morgan fingerprint density at radius 3 is 2.55 bits per heavy atom. The predicted octanol–water partition coefficient (Wildman–Crippen LogP) is -0.112. The normalized spacial score (nSPS) is 16.2. The van der Waals surface area contributed by atoms with Crippen LogP contribution in [-0.2, 0) is 11.0 Å². The van der Waals surface area contributed by atoms with Crippen molar-refractivity contribution in [2.75, 3.05) is 0 Å². The van der Waals surface area contributed by atoms with E-state index in [4.69, 9.17) is 10.9 Å². The lowest BCUT2D eigenvalue weighted by molar-refractivity contribution is 0.687. The molecule has 5 heteroatoms. The lowest BCUT2D eigenvalue weighted by Gasteiger charge is -1.93. The summed E-state index contributed by atoms with van der Waals surface area (Å²) in [4.78, 5) is 3.98. The molecule has 0 amide bonds. The minimum atomic E-state index is -1.58. The standard InChI is InChI=1S/C6H13N3OS/c1-5(2)9-4-3-6(7)11(8)10/h3-5H,7-8H2,1-2H3/b6-3+,9-4?. The van der Waals surface area contributed by atoms with Gasteiger partial charge in [-0.05, 0) is 19.9 Å². The monoisotopic (exact) mass is 175 g/mol. The van der Waals surface area contributed by atoms with Gasteiger partial charge in [0.15, 0.2) is 0 Å². The van der Waals surface area contributed by atoms with Crippen molar-refractivity contribution in [3.05, 3.63) is 11.1 Å². The molecule has 11 heavy (non-hydrogen) atoms. The lowest BCUT2D eigenvalue weighted by atomic mass is 10.4. The minimum Gasteiger partial charge on any atom is -0.390 e. The number of aliphatic imine (C=N–C) groups is 1. The van der Waals surface area contributed by atoms with Crippen LogP contribution in [0.1, 0.15) is 13.8 Å². The summed E-state index contributed by atoms with van der Waals surface area (Å²) in [5.74, 6) is 0. The first kappa shape index (κ1) is 10.3. The summed E-state index contributed by atoms with van der Waals surface area (Å²) in [5.41, 5.74) is 5.25. The second kappa shape index (κ2) is 5.03. The third-order valence-corrected chi connectivity index (χ3v) is 1.46. The van der Waals surface area contributed by atoms with E-state index in [0.717, 1.165) is 0 Å². The molecule has 0 spiro atoms. The van der Waals surface area contributed by atoms with Gasteiger partial charge in [-0.2, -0.15) is 0 Å². The van der Waals surface area contributed by atoms with Gasteiger partial charge in [-0.15, -0.1) is 0 Å². The van der Waals surface area contributed by atoms with Crippen LogP contribution in [0.15, 0.2) is 16.1 Å². The van der Waals surface area contributed by atoms with Gasteiger partial charge in [-0.1, -0.05) is 0 Å². The minimum absolute atomic E-state index is 0.134. The molecule has 0 heterocycles. The number of nitrogens with two attached hydrogens (primary N) is 2. The van der Waals surface area contributed by atoms with E-state index in [-0.39, 0.29) is 11.1 Å². The third kappa shape index (κ3) is 5.75. The zero-order valence-corrected chi connectivity index (χ0v) is 7.47. The van der Waals surface area contributed by atoms with Crippen LogP contribution in [0.2, 0.25) is 0 Å². The van der Waals surface area contributed by atoms with Gasteiger partial charge in [-0.3, -0.25) is 4.99 Å². The van der Waals surface area contributed by atoms with Crippen LogP contribution in [0.4, 0.5) is 0 Å². The van der Waals surface area contributed by atoms with Gasteiger partial charge in [0.05, 0.1) is 0 Å². The molecule has 0 aromatic rings. The lowest BCUT2D eigenvalue weighted by Crippen LogP contribution is -2.12. The summed E-state index contributed by atoms with van der Waals surface area (Å²) in [6.45, 7) is 3.86. The van der Waals surface area contributed by atoms with E-state index in [2.05, 4.69) is 4.99 Å². The van der Waals surface area contributed by atoms with Crippen molar-refractivity contribution in [2.45, 2.75) is 19.9 Å². The molecule has 0 bridgehead atoms. The fraction of sp³-hybridized carbons (Fsp3) is 0.500. The van der Waals surface area contributed by atoms with Crippen LogP contribution in [-0.4, -0.2) is 16.5 Å². The van der Waals surface area contributed by atoms with E-state index in [0.29, 0.717) is 0 Å². The Kier molecular flexibility index (Phi) is 4.72. The largest absolute Gasteiger partial charge is 0.390 e. The highest BCUT2D eigenvalue weighted by molar-refractivity contribution is 7.86. The summed E-state index contributed by atoms with van der Waals surface area (Å²) in [5, 5.41) is 5.10. The van der Waals surface area contributed by atoms with E-state index in [1.807, 2.05) is 13.8 Å². The number of nitrogens with zero attached hydrogens (tertiary/aromatic N) is 1. The SMILES string of the molecule is CC(C)N=C/C=C(\N)S(N)=O. The molecule has 0 fully saturated rings. The molecule has 0 rings (SSSR count). The summed E-state index contributed by atoms with van der Waals surface area (Å²) in [6, 6.07) is 0.213. The Hall–Kier alpha value is -0.680. The van der Waals surface area contributed by atoms with Crippen molar-refractivity contribution in [3.8, 4) is 0 Å². The molecule has 1 atom stereocenters. The highest BCUT2D eigenvalue weighted by atomic mass is 32.2. The number of hydrogen-bond donors (Lipinski definition) is 2. The second-order valence-electron chi connectivity index (χ2n) is 2.26. The molecule has 4 nitrogen and oxygen atoms in total. The highest BCUT2D eigenvalue weighted by Gasteiger charge is 1.91. The zero-order valence-electron chi connectivity index (χ0n) is 6.65. The van der Waals surface area contributed by atoms with E-state index in [9.17, 15) is 4.21 Å². The van der Waals surface area contributed by atoms with Crippen molar-refractivity contribution in [3.63, 3.8) is 0 Å². The fourth-order valence-electron chi connectivity index (χ4n) is 0.356. The maximum absolute atomic E-state index is 10.5. The molecule has 0 saturated carbocycles. The molecule has 4 N–H and O–H groups in total. The van der Waals surface area contributed by atoms with E-state index in [1.165, 1.54) is 12.3 Å². The molecule has 64 valence electrons. The summed E-state index contributed by atoms with van der Waals surface area (Å²) in [7, 11) is -1.58. The molecular formula is C6H13N3OS. The molecule has 0 aliphatic carbocycles. The summed E-state index contributed by atoms with van der Waals surface area (Å²) < 4.78 is 10.5. The fourth-order valence-corrected chi connectivity index (χ4v) is 0.551. The number of hydrogen-bond acceptors (Lipinski definition) is 3. The smallest absolute Gasteiger partial charge is 0.138 e. The Labute approximate surface area is 69.0 Å². The van der Waals surface area contributed by atoms with Crippen LogP contribution >= 0.6 is 0 Å². The van der Waals surface area contributed by atoms with E-state index < -0.39 is 11.0 Å². The topological polar surface area (TPSA) is 81.5 Å². The molecule has 0 aromatic carbocycles. The first-order valence-electron chi connectivity index (χ1n) is 3.19. The van der Waals surface area contributed by atoms with Crippen molar-refractivity contribution in [2.24, 2.45) is 15.9 Å². The van der Waals surface area contributed by atoms with Gasteiger partial charge in [-0.25, -0.2) is 9.35 Å². The zero-order chi connectivity index (χ0) is 8.85. The average Bonchev–Trinajstić information content (AvgIpc) is 1.86. The number of rotatable bonds is 3. The maximum Gasteiger partial charge on any atom is 0.138 e. The molecule has 0 aliphatic rings. The van der Waals surface area contributed by atoms with Crippen molar-refractivity contribution >= 4 is 17.2 Å². The molecule has 0 radical (unpaired) electrons. The first-order chi connectivity index (χ1) is 5.04. The van der Waals surface area contributed by atoms with Crippen LogP contribution in [0, 0.1) is 0 Å². The quantitative estimate of drug-likeness (QED) is 0.587. The molecule has 1 unspecified atom stereocenters. The third-order valence-electron chi connectivity index (χ3n) is 0.855. The summed E-state index contributed by atoms with van der Waals surface area (Å²) in [6.07, 6.45) is 2.95. The van der Waals surface area contributed by atoms with E-state index >= 15 is 0 Å². The first-order valence-corrected chi connectivity index (χ1v) is 4.40. The van der Waals surface area contributed by atoms with Gasteiger partial charge >= 0.3 is 0 Å². The molecule has 0 aliphatic heterocycles. The number of allylic oxidation sites excluding steroid dienone is 1. The Morgan fingerprint density at radius 2 is 2.18 bits per heavy atom. The summed E-state index contributed by atoms with van der Waals surface area (Å²) >= 11 is 0. The Morgan fingerprint density at radius 1 is 1.64 bits per heavy atom. The van der Waals surface area contributed by atoms with Crippen LogP contribution in [0.3, 0.4) is 0 Å². The predicted molar refractivity (Wildman–Crippen MR) is 48.2 cm³/mol. The van der Waals surface area contributed by atoms with Gasteiger partial charge < -0.3 is 5.73 Å². The van der Waals surface area contributed by atoms with Crippen LogP contribution < -0.4 is 10.9 Å². The van der Waals surface area contributed by atoms with Crippen molar-refractivity contribution in [1.82, 2.24) is 0 Å². The molecular weight excluding hydrogens is 162 g/mol. The van der Waals surface area contributed by atoms with Crippen LogP contribution in [0.25, 0.3) is 0 Å². The van der Waals surface area contributed by atoms with Gasteiger partial charge in [0.2, 0.25) is 0 Å².